The van der Waals surface area contributed by atoms with Gasteiger partial charge in [0.1, 0.15) is 15.4 Å². The Hall–Kier alpha value is -3.17. The van der Waals surface area contributed by atoms with Crippen molar-refractivity contribution in [1.82, 2.24) is 9.38 Å². The number of ether oxygens (including phenoxy) is 1. The van der Waals surface area contributed by atoms with Crippen LogP contribution in [0.5, 0.6) is 0 Å². The Morgan fingerprint density at radius 2 is 1.93 bits per heavy atom. The van der Waals surface area contributed by atoms with Crippen LogP contribution in [0.3, 0.4) is 0 Å². The van der Waals surface area contributed by atoms with Gasteiger partial charge < -0.3 is 9.14 Å². The quantitative estimate of drug-likeness (QED) is 0.487. The van der Waals surface area contributed by atoms with Gasteiger partial charge >= 0.3 is 5.97 Å². The third-order valence-corrected chi connectivity index (χ3v) is 6.79. The molecule has 0 bridgehead atoms. The highest BCUT2D eigenvalue weighted by Crippen LogP contribution is 2.26. The Bertz CT molecular complexity index is 1310. The van der Waals surface area contributed by atoms with Crippen molar-refractivity contribution >= 4 is 38.7 Å². The number of hydrogen-bond acceptors (Lipinski definition) is 6. The average Bonchev–Trinajstić information content (AvgIpc) is 3.35. The minimum Gasteiger partial charge on any atom is -0.465 e. The number of pyridine rings is 1. The van der Waals surface area contributed by atoms with Crippen LogP contribution in [-0.4, -0.2) is 30.9 Å². The number of nitrogens with zero attached hydrogens (tertiary/aromatic N) is 2. The SMILES string of the molecule is COC(=O)c1sccc1S(=O)(=O)Nc1ccc(-c2cn3ccc(C)cc3n2)cc1. The molecule has 0 amide bonds. The van der Waals surface area contributed by atoms with E-state index in [9.17, 15) is 13.2 Å². The molecule has 0 saturated carbocycles. The van der Waals surface area contributed by atoms with Crippen LogP contribution in [0, 0.1) is 6.92 Å². The predicted molar refractivity (Wildman–Crippen MR) is 112 cm³/mol. The summed E-state index contributed by atoms with van der Waals surface area (Å²) in [5, 5.41) is 1.54. The number of imidazole rings is 1. The number of carbonyl (C=O) groups excluding carboxylic acids is 1. The molecule has 9 heteroatoms. The van der Waals surface area contributed by atoms with Gasteiger partial charge in [0, 0.05) is 23.6 Å². The standard InChI is InChI=1S/C20H17N3O4S2/c1-13-7-9-23-12-16(21-18(23)11-13)14-3-5-15(6-4-14)22-29(25,26)17-8-10-28-19(17)20(24)27-2/h3-12,22H,1-2H3. The van der Waals surface area contributed by atoms with E-state index in [1.165, 1.54) is 18.6 Å². The largest absolute Gasteiger partial charge is 0.465 e. The molecule has 29 heavy (non-hydrogen) atoms. The summed E-state index contributed by atoms with van der Waals surface area (Å²) in [5.74, 6) is -0.683. The second kappa shape index (κ2) is 7.34. The van der Waals surface area contributed by atoms with Crippen LogP contribution in [0.4, 0.5) is 5.69 Å². The molecule has 4 rings (SSSR count). The number of hydrogen-bond donors (Lipinski definition) is 1. The van der Waals surface area contributed by atoms with Gasteiger partial charge in [-0.1, -0.05) is 12.1 Å². The van der Waals surface area contributed by atoms with Crippen LogP contribution < -0.4 is 4.72 Å². The number of aryl methyl sites for hydroxylation is 1. The molecule has 0 saturated heterocycles. The Morgan fingerprint density at radius 3 is 2.66 bits per heavy atom. The predicted octanol–water partition coefficient (Wildman–Crippen LogP) is 3.96. The molecule has 0 aliphatic heterocycles. The lowest BCUT2D eigenvalue weighted by atomic mass is 10.1. The molecule has 0 aliphatic rings. The molecule has 0 fully saturated rings. The van der Waals surface area contributed by atoms with E-state index in [4.69, 9.17) is 0 Å². The minimum absolute atomic E-state index is 0.0385. The maximum atomic E-state index is 12.7. The first kappa shape index (κ1) is 19.2. The van der Waals surface area contributed by atoms with Crippen LogP contribution in [0.1, 0.15) is 15.2 Å². The monoisotopic (exact) mass is 427 g/mol. The van der Waals surface area contributed by atoms with Gasteiger partial charge in [0.05, 0.1) is 12.8 Å². The van der Waals surface area contributed by atoms with E-state index in [1.54, 1.807) is 24.3 Å². The number of methoxy groups -OCH3 is 1. The number of esters is 1. The number of aromatic nitrogens is 2. The molecule has 1 N–H and O–H groups in total. The molecular weight excluding hydrogens is 410 g/mol. The van der Waals surface area contributed by atoms with E-state index in [0.717, 1.165) is 33.8 Å². The highest BCUT2D eigenvalue weighted by molar-refractivity contribution is 7.93. The normalized spacial score (nSPS) is 11.5. The zero-order valence-electron chi connectivity index (χ0n) is 15.6. The van der Waals surface area contributed by atoms with Gasteiger partial charge in [0.2, 0.25) is 0 Å². The second-order valence-corrected chi connectivity index (χ2v) is 8.95. The van der Waals surface area contributed by atoms with Crippen molar-refractivity contribution in [3.63, 3.8) is 0 Å². The van der Waals surface area contributed by atoms with Gasteiger partial charge in [-0.15, -0.1) is 11.3 Å². The molecule has 3 heterocycles. The van der Waals surface area contributed by atoms with E-state index in [0.29, 0.717) is 5.69 Å². The van der Waals surface area contributed by atoms with Crippen molar-refractivity contribution in [2.24, 2.45) is 0 Å². The Morgan fingerprint density at radius 1 is 1.17 bits per heavy atom. The average molecular weight is 428 g/mol. The Balaban J connectivity index is 1.59. The fraction of sp³-hybridized carbons (Fsp3) is 0.100. The van der Waals surface area contributed by atoms with Crippen LogP contribution in [0.2, 0.25) is 0 Å². The topological polar surface area (TPSA) is 89.8 Å². The smallest absolute Gasteiger partial charge is 0.349 e. The molecule has 0 radical (unpaired) electrons. The summed E-state index contributed by atoms with van der Waals surface area (Å²) >= 11 is 1.02. The minimum atomic E-state index is -3.92. The number of benzene rings is 1. The second-order valence-electron chi connectivity index (χ2n) is 6.38. The van der Waals surface area contributed by atoms with Crippen molar-refractivity contribution in [2.75, 3.05) is 11.8 Å². The molecule has 0 spiro atoms. The van der Waals surface area contributed by atoms with Crippen molar-refractivity contribution in [3.8, 4) is 11.3 Å². The van der Waals surface area contributed by atoms with Gasteiger partial charge in [-0.25, -0.2) is 18.2 Å². The van der Waals surface area contributed by atoms with Crippen molar-refractivity contribution in [2.45, 2.75) is 11.8 Å². The summed E-state index contributed by atoms with van der Waals surface area (Å²) in [6, 6.07) is 12.3. The van der Waals surface area contributed by atoms with E-state index in [1.807, 2.05) is 35.9 Å². The van der Waals surface area contributed by atoms with Crippen LogP contribution in [0.15, 0.2) is 65.1 Å². The summed E-state index contributed by atoms with van der Waals surface area (Å²) in [4.78, 5) is 16.3. The van der Waals surface area contributed by atoms with Crippen molar-refractivity contribution in [3.05, 3.63) is 70.7 Å². The first-order chi connectivity index (χ1) is 13.9. The molecule has 148 valence electrons. The Kier molecular flexibility index (Phi) is 4.85. The molecule has 0 aliphatic carbocycles. The first-order valence-electron chi connectivity index (χ1n) is 8.62. The maximum Gasteiger partial charge on any atom is 0.349 e. The number of thiophene rings is 1. The van der Waals surface area contributed by atoms with Gasteiger partial charge in [-0.2, -0.15) is 0 Å². The van der Waals surface area contributed by atoms with Crippen LogP contribution in [0.25, 0.3) is 16.9 Å². The molecule has 3 aromatic heterocycles. The zero-order valence-corrected chi connectivity index (χ0v) is 17.3. The number of anilines is 1. The summed E-state index contributed by atoms with van der Waals surface area (Å²) in [7, 11) is -2.71. The third kappa shape index (κ3) is 3.74. The van der Waals surface area contributed by atoms with Crippen LogP contribution in [-0.2, 0) is 14.8 Å². The fourth-order valence-electron chi connectivity index (χ4n) is 2.89. The maximum absolute atomic E-state index is 12.7. The summed E-state index contributed by atoms with van der Waals surface area (Å²) in [6.45, 7) is 2.01. The van der Waals surface area contributed by atoms with Gasteiger partial charge in [-0.05, 0) is 48.2 Å². The van der Waals surface area contributed by atoms with Crippen molar-refractivity contribution in [1.29, 1.82) is 0 Å². The number of nitrogens with one attached hydrogen (secondary N) is 1. The number of rotatable bonds is 5. The zero-order chi connectivity index (χ0) is 20.6. The molecule has 0 atom stereocenters. The van der Waals surface area contributed by atoms with E-state index in [2.05, 4.69) is 14.4 Å². The first-order valence-corrected chi connectivity index (χ1v) is 11.0. The molecule has 0 unspecified atom stereocenters. The van der Waals surface area contributed by atoms with E-state index < -0.39 is 16.0 Å². The molecular formula is C20H17N3O4S2. The van der Waals surface area contributed by atoms with E-state index >= 15 is 0 Å². The lowest BCUT2D eigenvalue weighted by molar-refractivity contribution is 0.0602. The number of fused-ring (bicyclic) bond motifs is 1. The summed E-state index contributed by atoms with van der Waals surface area (Å²) in [5.41, 5.74) is 4.00. The van der Waals surface area contributed by atoms with Crippen molar-refractivity contribution < 1.29 is 17.9 Å². The lowest BCUT2D eigenvalue weighted by Gasteiger charge is -2.08. The number of sulfonamides is 1. The van der Waals surface area contributed by atoms with Gasteiger partial charge in [0.25, 0.3) is 10.0 Å². The Labute approximate surface area is 171 Å². The highest BCUT2D eigenvalue weighted by atomic mass is 32.2. The molecule has 1 aromatic carbocycles. The van der Waals surface area contributed by atoms with E-state index in [-0.39, 0.29) is 9.77 Å². The summed E-state index contributed by atoms with van der Waals surface area (Å²) in [6.07, 6.45) is 3.87. The number of carbonyl (C=O) groups is 1. The van der Waals surface area contributed by atoms with Gasteiger partial charge in [-0.3, -0.25) is 4.72 Å². The lowest BCUT2D eigenvalue weighted by Crippen LogP contribution is -2.15. The fourth-order valence-corrected chi connectivity index (χ4v) is 5.29. The van der Waals surface area contributed by atoms with Gasteiger partial charge in [0.15, 0.2) is 0 Å². The van der Waals surface area contributed by atoms with Crippen LogP contribution >= 0.6 is 11.3 Å². The third-order valence-electron chi connectivity index (χ3n) is 4.34. The molecule has 4 aromatic rings. The molecule has 7 nitrogen and oxygen atoms in total. The highest BCUT2D eigenvalue weighted by Gasteiger charge is 2.24. The summed E-state index contributed by atoms with van der Waals surface area (Å²) < 4.78 is 34.4.